The molecule has 1 aromatic carbocycles. The summed E-state index contributed by atoms with van der Waals surface area (Å²) in [5.74, 6) is -0.807. The molecule has 1 heterocycles. The number of halogens is 1. The maximum Gasteiger partial charge on any atom is 0.309 e. The number of ether oxygens (including phenoxy) is 1. The van der Waals surface area contributed by atoms with Crippen molar-refractivity contribution < 1.29 is 27.1 Å². The van der Waals surface area contributed by atoms with Crippen LogP contribution in [0.4, 0.5) is 4.39 Å². The van der Waals surface area contributed by atoms with Gasteiger partial charge >= 0.3 is 5.97 Å². The summed E-state index contributed by atoms with van der Waals surface area (Å²) < 4.78 is 45.2. The zero-order valence-corrected chi connectivity index (χ0v) is 19.7. The standard InChI is InChI=1S/C23H33FN2O5S/c1-15-5-4-6-21(16(15)2)25-22(27)17(3)31-23(28)18-11-13-26(14-12-18)32(29,30)20-9-7-19(24)8-10-20/h7-10,15-18,21H,4-6,11-14H2,1-3H3,(H,25,27)/t15-,16+,17+,21-/m1/s1. The Morgan fingerprint density at radius 2 is 1.72 bits per heavy atom. The Morgan fingerprint density at radius 3 is 2.34 bits per heavy atom. The van der Waals surface area contributed by atoms with Crippen molar-refractivity contribution >= 4 is 21.9 Å². The van der Waals surface area contributed by atoms with Gasteiger partial charge in [-0.15, -0.1) is 0 Å². The summed E-state index contributed by atoms with van der Waals surface area (Å²) in [5.41, 5.74) is 0. The molecule has 0 unspecified atom stereocenters. The molecule has 0 aromatic heterocycles. The van der Waals surface area contributed by atoms with E-state index in [9.17, 15) is 22.4 Å². The van der Waals surface area contributed by atoms with Crippen molar-refractivity contribution in [2.75, 3.05) is 13.1 Å². The van der Waals surface area contributed by atoms with Crippen LogP contribution in [0.5, 0.6) is 0 Å². The van der Waals surface area contributed by atoms with Gasteiger partial charge in [0, 0.05) is 19.1 Å². The van der Waals surface area contributed by atoms with E-state index in [4.69, 9.17) is 4.74 Å². The number of carbonyl (C=O) groups is 2. The fraction of sp³-hybridized carbons (Fsp3) is 0.652. The Balaban J connectivity index is 1.49. The van der Waals surface area contributed by atoms with E-state index in [0.717, 1.165) is 31.4 Å². The van der Waals surface area contributed by atoms with Crippen molar-refractivity contribution in [3.8, 4) is 0 Å². The molecule has 7 nitrogen and oxygen atoms in total. The first-order valence-corrected chi connectivity index (χ1v) is 12.8. The third kappa shape index (κ3) is 5.67. The van der Waals surface area contributed by atoms with Gasteiger partial charge in [0.1, 0.15) is 5.82 Å². The maximum absolute atomic E-state index is 13.1. The lowest BCUT2D eigenvalue weighted by atomic mass is 9.78. The van der Waals surface area contributed by atoms with Crippen LogP contribution in [0.1, 0.15) is 52.9 Å². The van der Waals surface area contributed by atoms with E-state index in [1.165, 1.54) is 16.4 Å². The van der Waals surface area contributed by atoms with E-state index in [0.29, 0.717) is 24.7 Å². The third-order valence-electron chi connectivity index (χ3n) is 6.94. The molecule has 1 aliphatic heterocycles. The number of hydrogen-bond acceptors (Lipinski definition) is 5. The van der Waals surface area contributed by atoms with Crippen LogP contribution in [-0.4, -0.2) is 49.8 Å². The van der Waals surface area contributed by atoms with Crippen LogP contribution < -0.4 is 5.32 Å². The van der Waals surface area contributed by atoms with Crippen LogP contribution in [0, 0.1) is 23.6 Å². The van der Waals surface area contributed by atoms with Crippen LogP contribution >= 0.6 is 0 Å². The number of carbonyl (C=O) groups excluding carboxylic acids is 2. The molecule has 9 heteroatoms. The largest absolute Gasteiger partial charge is 0.452 e. The highest BCUT2D eigenvalue weighted by molar-refractivity contribution is 7.89. The van der Waals surface area contributed by atoms with Crippen molar-refractivity contribution in [2.24, 2.45) is 17.8 Å². The molecule has 1 saturated carbocycles. The molecule has 3 rings (SSSR count). The molecule has 1 amide bonds. The smallest absolute Gasteiger partial charge is 0.309 e. The van der Waals surface area contributed by atoms with E-state index in [1.807, 2.05) is 0 Å². The second-order valence-corrected chi connectivity index (χ2v) is 11.0. The topological polar surface area (TPSA) is 92.8 Å². The number of hydrogen-bond donors (Lipinski definition) is 1. The van der Waals surface area contributed by atoms with Crippen molar-refractivity contribution in [3.63, 3.8) is 0 Å². The fourth-order valence-electron chi connectivity index (χ4n) is 4.50. The SMILES string of the molecule is C[C@H]1[C@H](C)CCC[C@H]1NC(=O)[C@H](C)OC(=O)C1CCN(S(=O)(=O)c2ccc(F)cc2)CC1. The summed E-state index contributed by atoms with van der Waals surface area (Å²) in [6.45, 7) is 6.22. The summed E-state index contributed by atoms with van der Waals surface area (Å²) in [6, 6.07) is 4.78. The van der Waals surface area contributed by atoms with Crippen LogP contribution in [0.25, 0.3) is 0 Å². The second-order valence-electron chi connectivity index (χ2n) is 9.09. The van der Waals surface area contributed by atoms with Gasteiger partial charge < -0.3 is 10.1 Å². The zero-order chi connectivity index (χ0) is 23.5. The van der Waals surface area contributed by atoms with Gasteiger partial charge in [-0.05, 0) is 62.3 Å². The fourth-order valence-corrected chi connectivity index (χ4v) is 5.97. The van der Waals surface area contributed by atoms with Crippen LogP contribution in [0.15, 0.2) is 29.2 Å². The normalized spacial score (nSPS) is 26.3. The van der Waals surface area contributed by atoms with Gasteiger partial charge in [-0.3, -0.25) is 9.59 Å². The first-order chi connectivity index (χ1) is 15.1. The molecule has 0 bridgehead atoms. The zero-order valence-electron chi connectivity index (χ0n) is 18.9. The lowest BCUT2D eigenvalue weighted by Gasteiger charge is -2.35. The van der Waals surface area contributed by atoms with Gasteiger partial charge in [0.15, 0.2) is 6.10 Å². The average molecular weight is 469 g/mol. The Hall–Kier alpha value is -2.00. The Bertz CT molecular complexity index is 913. The molecule has 1 saturated heterocycles. The first-order valence-electron chi connectivity index (χ1n) is 11.4. The minimum Gasteiger partial charge on any atom is -0.452 e. The molecule has 32 heavy (non-hydrogen) atoms. The Kier molecular flexibility index (Phi) is 7.92. The third-order valence-corrected chi connectivity index (χ3v) is 8.85. The summed E-state index contributed by atoms with van der Waals surface area (Å²) in [7, 11) is -3.74. The maximum atomic E-state index is 13.1. The van der Waals surface area contributed by atoms with Crippen molar-refractivity contribution in [1.82, 2.24) is 9.62 Å². The van der Waals surface area contributed by atoms with Gasteiger partial charge in [0.05, 0.1) is 10.8 Å². The predicted molar refractivity (Wildman–Crippen MR) is 118 cm³/mol. The van der Waals surface area contributed by atoms with Crippen molar-refractivity contribution in [2.45, 2.75) is 69.9 Å². The van der Waals surface area contributed by atoms with Gasteiger partial charge in [-0.1, -0.05) is 26.7 Å². The molecular weight excluding hydrogens is 435 g/mol. The van der Waals surface area contributed by atoms with Crippen molar-refractivity contribution in [1.29, 1.82) is 0 Å². The first kappa shape index (κ1) is 24.6. The summed E-state index contributed by atoms with van der Waals surface area (Å²) in [5, 5.41) is 3.03. The molecule has 1 aromatic rings. The minimum atomic E-state index is -3.74. The average Bonchev–Trinajstić information content (AvgIpc) is 2.77. The molecule has 0 spiro atoms. The Labute approximate surface area is 189 Å². The molecule has 178 valence electrons. The molecule has 2 aliphatic rings. The monoisotopic (exact) mass is 468 g/mol. The number of rotatable bonds is 6. The van der Waals surface area contributed by atoms with Gasteiger partial charge in [-0.25, -0.2) is 12.8 Å². The van der Waals surface area contributed by atoms with E-state index < -0.39 is 33.8 Å². The quantitative estimate of drug-likeness (QED) is 0.648. The second kappa shape index (κ2) is 10.3. The number of nitrogens with one attached hydrogen (secondary N) is 1. The number of piperidine rings is 1. The highest BCUT2D eigenvalue weighted by Gasteiger charge is 2.35. The number of amides is 1. The minimum absolute atomic E-state index is 0.0245. The van der Waals surface area contributed by atoms with E-state index in [2.05, 4.69) is 19.2 Å². The lowest BCUT2D eigenvalue weighted by Crippen LogP contribution is -2.48. The van der Waals surface area contributed by atoms with E-state index in [-0.39, 0.29) is 29.9 Å². The van der Waals surface area contributed by atoms with Gasteiger partial charge in [0.2, 0.25) is 10.0 Å². The van der Waals surface area contributed by atoms with Crippen molar-refractivity contribution in [3.05, 3.63) is 30.1 Å². The molecular formula is C23H33FN2O5S. The van der Waals surface area contributed by atoms with E-state index in [1.54, 1.807) is 6.92 Å². The van der Waals surface area contributed by atoms with E-state index >= 15 is 0 Å². The summed E-state index contributed by atoms with van der Waals surface area (Å²) >= 11 is 0. The number of sulfonamides is 1. The molecule has 1 N–H and O–H groups in total. The van der Waals surface area contributed by atoms with Crippen LogP contribution in [0.2, 0.25) is 0 Å². The highest BCUT2D eigenvalue weighted by Crippen LogP contribution is 2.30. The molecule has 2 fully saturated rings. The lowest BCUT2D eigenvalue weighted by molar-refractivity contribution is -0.160. The molecule has 4 atom stereocenters. The van der Waals surface area contributed by atoms with Gasteiger partial charge in [0.25, 0.3) is 5.91 Å². The highest BCUT2D eigenvalue weighted by atomic mass is 32.2. The number of esters is 1. The van der Waals surface area contributed by atoms with Crippen LogP contribution in [0.3, 0.4) is 0 Å². The summed E-state index contributed by atoms with van der Waals surface area (Å²) in [4.78, 5) is 25.1. The summed E-state index contributed by atoms with van der Waals surface area (Å²) in [6.07, 6.45) is 2.89. The predicted octanol–water partition coefficient (Wildman–Crippen LogP) is 3.10. The molecule has 0 radical (unpaired) electrons. The Morgan fingerprint density at radius 1 is 1.09 bits per heavy atom. The number of nitrogens with zero attached hydrogens (tertiary/aromatic N) is 1. The number of benzene rings is 1. The molecule has 1 aliphatic carbocycles. The van der Waals surface area contributed by atoms with Crippen LogP contribution in [-0.2, 0) is 24.3 Å². The van der Waals surface area contributed by atoms with Gasteiger partial charge in [-0.2, -0.15) is 4.31 Å².